The third-order valence-electron chi connectivity index (χ3n) is 2.24. The highest BCUT2D eigenvalue weighted by molar-refractivity contribution is 9.10. The van der Waals surface area contributed by atoms with Crippen molar-refractivity contribution in [2.24, 2.45) is 0 Å². The van der Waals surface area contributed by atoms with Gasteiger partial charge in [-0.1, -0.05) is 15.9 Å². The van der Waals surface area contributed by atoms with E-state index in [1.807, 2.05) is 0 Å². The van der Waals surface area contributed by atoms with Crippen molar-refractivity contribution in [1.29, 1.82) is 0 Å². The smallest absolute Gasteiger partial charge is 0.193 e. The minimum atomic E-state index is -0.0216. The molecular formula is C11H10BrNO2. The molecule has 0 fully saturated rings. The minimum Gasteiger partial charge on any atom is -0.500 e. The monoisotopic (exact) mass is 267 g/mol. The highest BCUT2D eigenvalue weighted by Crippen LogP contribution is 2.24. The third kappa shape index (κ3) is 2.04. The number of hydrogen-bond donors (Lipinski definition) is 1. The van der Waals surface area contributed by atoms with Gasteiger partial charge in [-0.25, -0.2) is 0 Å². The summed E-state index contributed by atoms with van der Waals surface area (Å²) in [4.78, 5) is 12.0. The Morgan fingerprint density at radius 2 is 2.27 bits per heavy atom. The van der Waals surface area contributed by atoms with E-state index in [2.05, 4.69) is 15.9 Å². The Kier molecular flexibility index (Phi) is 2.77. The molecule has 3 nitrogen and oxygen atoms in total. The maximum atomic E-state index is 12.0. The summed E-state index contributed by atoms with van der Waals surface area (Å²) in [7, 11) is 0. The fourth-order valence-electron chi connectivity index (χ4n) is 1.44. The van der Waals surface area contributed by atoms with Crippen LogP contribution in [0, 0.1) is 0 Å². The summed E-state index contributed by atoms with van der Waals surface area (Å²) >= 11 is 3.33. The van der Waals surface area contributed by atoms with Crippen LogP contribution in [0.5, 0.6) is 0 Å². The summed E-state index contributed by atoms with van der Waals surface area (Å²) in [6.07, 6.45) is 2.19. The average Bonchev–Trinajstić information content (AvgIpc) is 2.74. The molecule has 0 amide bonds. The van der Waals surface area contributed by atoms with Crippen LogP contribution in [-0.4, -0.2) is 12.4 Å². The lowest BCUT2D eigenvalue weighted by molar-refractivity contribution is 0.103. The van der Waals surface area contributed by atoms with E-state index in [0.717, 1.165) is 4.47 Å². The first-order valence-corrected chi connectivity index (χ1v) is 5.38. The van der Waals surface area contributed by atoms with E-state index in [1.165, 1.54) is 6.26 Å². The number of halogens is 1. The largest absolute Gasteiger partial charge is 0.500 e. The quantitative estimate of drug-likeness (QED) is 0.662. The molecule has 0 radical (unpaired) electrons. The molecule has 1 aromatic carbocycles. The average molecular weight is 268 g/mol. The van der Waals surface area contributed by atoms with Gasteiger partial charge in [0.25, 0.3) is 0 Å². The standard InChI is InChI=1S/C11H10BrNO2/c12-10-2-1-8(13)5-9(10)11(14)7-3-4-15-6-7/h1-2,5-6H,3-4,13H2. The van der Waals surface area contributed by atoms with Crippen molar-refractivity contribution < 1.29 is 9.53 Å². The Morgan fingerprint density at radius 1 is 1.47 bits per heavy atom. The predicted octanol–water partition coefficient (Wildman–Crippen LogP) is 2.52. The molecule has 0 saturated carbocycles. The third-order valence-corrected chi connectivity index (χ3v) is 2.93. The van der Waals surface area contributed by atoms with Gasteiger partial charge in [-0.15, -0.1) is 0 Å². The molecule has 1 heterocycles. The van der Waals surface area contributed by atoms with E-state index in [4.69, 9.17) is 10.5 Å². The van der Waals surface area contributed by atoms with Crippen molar-refractivity contribution in [3.05, 3.63) is 40.1 Å². The normalized spacial score (nSPS) is 14.6. The summed E-state index contributed by atoms with van der Waals surface area (Å²) in [5.41, 5.74) is 7.51. The summed E-state index contributed by atoms with van der Waals surface area (Å²) in [5.74, 6) is -0.0216. The number of ether oxygens (including phenoxy) is 1. The Morgan fingerprint density at radius 3 is 2.93 bits per heavy atom. The van der Waals surface area contributed by atoms with Crippen molar-refractivity contribution in [2.75, 3.05) is 12.3 Å². The number of nitrogens with two attached hydrogens (primary N) is 1. The van der Waals surface area contributed by atoms with E-state index in [-0.39, 0.29) is 5.78 Å². The SMILES string of the molecule is Nc1ccc(Br)c(C(=O)C2=COCC2)c1. The van der Waals surface area contributed by atoms with Crippen LogP contribution in [0.1, 0.15) is 16.8 Å². The van der Waals surface area contributed by atoms with Crippen molar-refractivity contribution in [1.82, 2.24) is 0 Å². The van der Waals surface area contributed by atoms with Gasteiger partial charge in [-0.3, -0.25) is 4.79 Å². The molecule has 78 valence electrons. The number of hydrogen-bond acceptors (Lipinski definition) is 3. The molecule has 1 aliphatic rings. The number of anilines is 1. The Balaban J connectivity index is 2.36. The summed E-state index contributed by atoms with van der Waals surface area (Å²) in [5, 5.41) is 0. The van der Waals surface area contributed by atoms with Gasteiger partial charge in [-0.05, 0) is 18.2 Å². The number of benzene rings is 1. The molecule has 2 N–H and O–H groups in total. The zero-order valence-electron chi connectivity index (χ0n) is 8.00. The summed E-state index contributed by atoms with van der Waals surface area (Å²) in [6, 6.07) is 5.20. The Bertz CT molecular complexity index is 440. The Labute approximate surface area is 96.0 Å². The van der Waals surface area contributed by atoms with Crippen LogP contribution in [0.3, 0.4) is 0 Å². The molecule has 15 heavy (non-hydrogen) atoms. The fraction of sp³-hybridized carbons (Fsp3) is 0.182. The number of nitrogen functional groups attached to an aromatic ring is 1. The van der Waals surface area contributed by atoms with Crippen molar-refractivity contribution >= 4 is 27.4 Å². The lowest BCUT2D eigenvalue weighted by Gasteiger charge is -2.04. The molecule has 0 saturated heterocycles. The van der Waals surface area contributed by atoms with Crippen LogP contribution in [0.4, 0.5) is 5.69 Å². The summed E-state index contributed by atoms with van der Waals surface area (Å²) in [6.45, 7) is 0.584. The van der Waals surface area contributed by atoms with Crippen molar-refractivity contribution in [3.63, 3.8) is 0 Å². The lowest BCUT2D eigenvalue weighted by atomic mass is 10.0. The van der Waals surface area contributed by atoms with Gasteiger partial charge in [0.05, 0.1) is 12.9 Å². The number of carbonyl (C=O) groups excluding carboxylic acids is 1. The summed E-state index contributed by atoms with van der Waals surface area (Å²) < 4.78 is 5.80. The molecule has 1 aromatic rings. The van der Waals surface area contributed by atoms with Crippen LogP contribution >= 0.6 is 15.9 Å². The predicted molar refractivity (Wildman–Crippen MR) is 61.5 cm³/mol. The van der Waals surface area contributed by atoms with Gasteiger partial charge < -0.3 is 10.5 Å². The zero-order chi connectivity index (χ0) is 10.8. The van der Waals surface area contributed by atoms with Gasteiger partial charge in [0.15, 0.2) is 5.78 Å². The lowest BCUT2D eigenvalue weighted by Crippen LogP contribution is -2.04. The molecule has 0 atom stereocenters. The molecule has 0 aliphatic carbocycles. The molecule has 1 aliphatic heterocycles. The first-order valence-electron chi connectivity index (χ1n) is 4.59. The molecule has 0 spiro atoms. The molecule has 2 rings (SSSR count). The first kappa shape index (κ1) is 10.2. The number of carbonyl (C=O) groups is 1. The maximum Gasteiger partial charge on any atom is 0.193 e. The zero-order valence-corrected chi connectivity index (χ0v) is 9.58. The van der Waals surface area contributed by atoms with Crippen molar-refractivity contribution in [2.45, 2.75) is 6.42 Å². The van der Waals surface area contributed by atoms with Gasteiger partial charge in [0.2, 0.25) is 0 Å². The minimum absolute atomic E-state index is 0.0216. The number of rotatable bonds is 2. The molecular weight excluding hydrogens is 258 g/mol. The van der Waals surface area contributed by atoms with Crippen LogP contribution in [0.15, 0.2) is 34.5 Å². The van der Waals surface area contributed by atoms with Gasteiger partial charge in [0.1, 0.15) is 0 Å². The second kappa shape index (κ2) is 4.06. The van der Waals surface area contributed by atoms with E-state index < -0.39 is 0 Å². The second-order valence-corrected chi connectivity index (χ2v) is 4.19. The number of ketones is 1. The molecule has 0 unspecified atom stereocenters. The van der Waals surface area contributed by atoms with Gasteiger partial charge >= 0.3 is 0 Å². The highest BCUT2D eigenvalue weighted by Gasteiger charge is 2.18. The first-order chi connectivity index (χ1) is 7.18. The van der Waals surface area contributed by atoms with Crippen LogP contribution < -0.4 is 5.73 Å². The van der Waals surface area contributed by atoms with E-state index in [1.54, 1.807) is 18.2 Å². The highest BCUT2D eigenvalue weighted by atomic mass is 79.9. The van der Waals surface area contributed by atoms with Crippen LogP contribution in [0.2, 0.25) is 0 Å². The van der Waals surface area contributed by atoms with Crippen LogP contribution in [0.25, 0.3) is 0 Å². The second-order valence-electron chi connectivity index (χ2n) is 3.33. The van der Waals surface area contributed by atoms with E-state index >= 15 is 0 Å². The van der Waals surface area contributed by atoms with Crippen LogP contribution in [-0.2, 0) is 4.74 Å². The Hall–Kier alpha value is -1.29. The van der Waals surface area contributed by atoms with Gasteiger partial charge in [0, 0.05) is 27.7 Å². The maximum absolute atomic E-state index is 12.0. The molecule has 4 heteroatoms. The fourth-order valence-corrected chi connectivity index (χ4v) is 1.87. The van der Waals surface area contributed by atoms with E-state index in [0.29, 0.717) is 29.9 Å². The topological polar surface area (TPSA) is 52.3 Å². The molecule has 0 aromatic heterocycles. The van der Waals surface area contributed by atoms with E-state index in [9.17, 15) is 4.79 Å². The molecule has 0 bridgehead atoms. The van der Waals surface area contributed by atoms with Gasteiger partial charge in [-0.2, -0.15) is 0 Å². The van der Waals surface area contributed by atoms with Crippen molar-refractivity contribution in [3.8, 4) is 0 Å². The number of Topliss-reactive ketones (excluding diaryl/α,β-unsaturated/α-hetero) is 1.